The number of nitrogens with two attached hydrogens (primary N) is 1. The zero-order chi connectivity index (χ0) is 11.0. The Hall–Kier alpha value is -1.89. The molecule has 2 rings (SSSR count). The first-order valence-electron chi connectivity index (χ1n) is 4.46. The number of aliphatic hydroxyl groups excluding tert-OH is 1. The molecule has 2 aromatic rings. The Morgan fingerprint density at radius 1 is 1.73 bits per heavy atom. The van der Waals surface area contributed by atoms with Gasteiger partial charge in [-0.2, -0.15) is 4.98 Å². The number of nitrogen functional groups attached to an aromatic ring is 1. The van der Waals surface area contributed by atoms with Gasteiger partial charge in [0.25, 0.3) is 5.56 Å². The number of aliphatic hydroxyl groups is 1. The third kappa shape index (κ3) is 1.68. The molecule has 0 bridgehead atoms. The number of aromatic amines is 1. The number of anilines is 1. The van der Waals surface area contributed by atoms with Gasteiger partial charge in [0.2, 0.25) is 5.95 Å². The quantitative estimate of drug-likeness (QED) is 0.592. The van der Waals surface area contributed by atoms with Gasteiger partial charge in [-0.05, 0) is 6.92 Å². The molecule has 7 nitrogen and oxygen atoms in total. The fraction of sp³-hybridized carbons (Fsp3) is 0.375. The summed E-state index contributed by atoms with van der Waals surface area (Å²) in [6.45, 7) is 1.93. The lowest BCUT2D eigenvalue weighted by atomic mass is 10.4. The smallest absolute Gasteiger partial charge is 0.278 e. The maximum atomic E-state index is 11.5. The van der Waals surface area contributed by atoms with E-state index in [1.165, 1.54) is 6.33 Å². The molecule has 15 heavy (non-hydrogen) atoms. The number of nitrogens with one attached hydrogen (secondary N) is 1. The Kier molecular flexibility index (Phi) is 2.16. The van der Waals surface area contributed by atoms with Gasteiger partial charge >= 0.3 is 0 Å². The fourth-order valence-corrected chi connectivity index (χ4v) is 1.43. The number of aromatic nitrogens is 4. The van der Waals surface area contributed by atoms with E-state index in [4.69, 9.17) is 5.73 Å². The Morgan fingerprint density at radius 3 is 3.13 bits per heavy atom. The molecule has 0 aliphatic rings. The molecule has 0 aromatic carbocycles. The molecule has 0 amide bonds. The molecule has 7 heteroatoms. The lowest BCUT2D eigenvalue weighted by Crippen LogP contribution is -2.17. The second kappa shape index (κ2) is 3.35. The van der Waals surface area contributed by atoms with Crippen LogP contribution in [0.1, 0.15) is 6.92 Å². The van der Waals surface area contributed by atoms with E-state index in [0.717, 1.165) is 0 Å². The Morgan fingerprint density at radius 2 is 2.47 bits per heavy atom. The summed E-state index contributed by atoms with van der Waals surface area (Å²) in [6.07, 6.45) is 0.901. The monoisotopic (exact) mass is 209 g/mol. The molecule has 80 valence electrons. The molecule has 2 heterocycles. The number of fused-ring (bicyclic) bond motifs is 1. The molecule has 0 radical (unpaired) electrons. The molecule has 0 fully saturated rings. The summed E-state index contributed by atoms with van der Waals surface area (Å²) in [5, 5.41) is 9.22. The molecule has 2 aromatic heterocycles. The first-order valence-corrected chi connectivity index (χ1v) is 4.46. The minimum Gasteiger partial charge on any atom is -0.392 e. The van der Waals surface area contributed by atoms with E-state index in [-0.39, 0.29) is 17.2 Å². The number of hydrogen-bond donors (Lipinski definition) is 3. The second-order valence-corrected chi connectivity index (χ2v) is 3.37. The number of rotatable bonds is 2. The van der Waals surface area contributed by atoms with Crippen molar-refractivity contribution < 1.29 is 5.11 Å². The van der Waals surface area contributed by atoms with Gasteiger partial charge in [-0.15, -0.1) is 0 Å². The first kappa shape index (κ1) is 9.66. The molecule has 0 unspecified atom stereocenters. The maximum absolute atomic E-state index is 11.5. The SMILES string of the molecule is C[C@@H](O)Cn1cnc2nc(N)[nH]c(=O)c21. The van der Waals surface area contributed by atoms with Gasteiger partial charge in [0.15, 0.2) is 11.2 Å². The fourth-order valence-electron chi connectivity index (χ4n) is 1.43. The van der Waals surface area contributed by atoms with Crippen LogP contribution in [0.4, 0.5) is 5.95 Å². The highest BCUT2D eigenvalue weighted by atomic mass is 16.3. The van der Waals surface area contributed by atoms with Crippen molar-refractivity contribution in [3.8, 4) is 0 Å². The van der Waals surface area contributed by atoms with Gasteiger partial charge < -0.3 is 15.4 Å². The van der Waals surface area contributed by atoms with Crippen molar-refractivity contribution in [3.63, 3.8) is 0 Å². The van der Waals surface area contributed by atoms with Crippen LogP contribution in [0.2, 0.25) is 0 Å². The van der Waals surface area contributed by atoms with E-state index in [1.54, 1.807) is 11.5 Å². The summed E-state index contributed by atoms with van der Waals surface area (Å²) in [4.78, 5) is 21.7. The van der Waals surface area contributed by atoms with Crippen LogP contribution in [0.25, 0.3) is 11.2 Å². The lowest BCUT2D eigenvalue weighted by molar-refractivity contribution is 0.175. The zero-order valence-electron chi connectivity index (χ0n) is 8.14. The second-order valence-electron chi connectivity index (χ2n) is 3.37. The van der Waals surface area contributed by atoms with Crippen molar-refractivity contribution in [2.24, 2.45) is 0 Å². The summed E-state index contributed by atoms with van der Waals surface area (Å²) in [7, 11) is 0. The van der Waals surface area contributed by atoms with Crippen molar-refractivity contribution in [2.75, 3.05) is 5.73 Å². The largest absolute Gasteiger partial charge is 0.392 e. The number of nitrogens with zero attached hydrogens (tertiary/aromatic N) is 3. The van der Waals surface area contributed by atoms with Crippen LogP contribution in [-0.2, 0) is 6.54 Å². The van der Waals surface area contributed by atoms with Gasteiger partial charge in [0, 0.05) is 0 Å². The molecule has 0 aliphatic carbocycles. The normalized spacial score (nSPS) is 13.2. The van der Waals surface area contributed by atoms with Crippen molar-refractivity contribution in [1.82, 2.24) is 19.5 Å². The summed E-state index contributed by atoms with van der Waals surface area (Å²) in [5.41, 5.74) is 5.63. The Balaban J connectivity index is 2.64. The van der Waals surface area contributed by atoms with E-state index in [1.807, 2.05) is 0 Å². The number of hydrogen-bond acceptors (Lipinski definition) is 5. The zero-order valence-corrected chi connectivity index (χ0v) is 8.14. The Labute approximate surface area is 84.6 Å². The van der Waals surface area contributed by atoms with Crippen LogP contribution in [0.5, 0.6) is 0 Å². The van der Waals surface area contributed by atoms with Crippen molar-refractivity contribution in [1.29, 1.82) is 0 Å². The van der Waals surface area contributed by atoms with E-state index in [9.17, 15) is 9.90 Å². The molecule has 0 saturated carbocycles. The summed E-state index contributed by atoms with van der Waals surface area (Å²) in [5.74, 6) is 0.0368. The minimum atomic E-state index is -0.556. The van der Waals surface area contributed by atoms with Gasteiger partial charge in [-0.1, -0.05) is 0 Å². The van der Waals surface area contributed by atoms with Crippen LogP contribution < -0.4 is 11.3 Å². The molecule has 0 saturated heterocycles. The molecule has 0 aliphatic heterocycles. The van der Waals surface area contributed by atoms with Gasteiger partial charge in [-0.3, -0.25) is 9.78 Å². The highest BCUT2D eigenvalue weighted by Crippen LogP contribution is 2.06. The van der Waals surface area contributed by atoms with Crippen LogP contribution in [0.15, 0.2) is 11.1 Å². The summed E-state index contributed by atoms with van der Waals surface area (Å²) in [6, 6.07) is 0. The van der Waals surface area contributed by atoms with Crippen LogP contribution in [-0.4, -0.2) is 30.7 Å². The van der Waals surface area contributed by atoms with Gasteiger partial charge in [0.05, 0.1) is 19.0 Å². The maximum Gasteiger partial charge on any atom is 0.278 e. The summed E-state index contributed by atoms with van der Waals surface area (Å²) >= 11 is 0. The lowest BCUT2D eigenvalue weighted by Gasteiger charge is -2.05. The van der Waals surface area contributed by atoms with Gasteiger partial charge in [0.1, 0.15) is 0 Å². The molecular formula is C8H11N5O2. The third-order valence-electron chi connectivity index (χ3n) is 1.96. The highest BCUT2D eigenvalue weighted by Gasteiger charge is 2.10. The molecule has 4 N–H and O–H groups in total. The highest BCUT2D eigenvalue weighted by molar-refractivity contribution is 5.70. The third-order valence-corrected chi connectivity index (χ3v) is 1.96. The van der Waals surface area contributed by atoms with E-state index >= 15 is 0 Å². The molecular weight excluding hydrogens is 198 g/mol. The van der Waals surface area contributed by atoms with Crippen LogP contribution in [0, 0.1) is 0 Å². The number of imidazole rings is 1. The van der Waals surface area contributed by atoms with Crippen molar-refractivity contribution in [3.05, 3.63) is 16.7 Å². The van der Waals surface area contributed by atoms with E-state index in [2.05, 4.69) is 15.0 Å². The topological polar surface area (TPSA) is 110 Å². The van der Waals surface area contributed by atoms with E-state index in [0.29, 0.717) is 12.1 Å². The minimum absolute atomic E-state index is 0.0368. The summed E-state index contributed by atoms with van der Waals surface area (Å²) < 4.78 is 1.55. The molecule has 0 spiro atoms. The predicted molar refractivity (Wildman–Crippen MR) is 54.2 cm³/mol. The average molecular weight is 209 g/mol. The standard InChI is InChI=1S/C8H11N5O2/c1-4(14)2-13-3-10-6-5(13)7(15)12-8(9)11-6/h3-4,14H,2H2,1H3,(H3,9,11,12,15)/t4-/m1/s1. The van der Waals surface area contributed by atoms with Crippen LogP contribution in [0.3, 0.4) is 0 Å². The van der Waals surface area contributed by atoms with Crippen molar-refractivity contribution in [2.45, 2.75) is 19.6 Å². The van der Waals surface area contributed by atoms with Gasteiger partial charge in [-0.25, -0.2) is 4.98 Å². The average Bonchev–Trinajstić information content (AvgIpc) is 2.46. The number of H-pyrrole nitrogens is 1. The molecule has 1 atom stereocenters. The van der Waals surface area contributed by atoms with Crippen molar-refractivity contribution >= 4 is 17.1 Å². The van der Waals surface area contributed by atoms with Crippen LogP contribution >= 0.6 is 0 Å². The first-order chi connectivity index (χ1) is 7.08. The Bertz CT molecular complexity index is 541. The predicted octanol–water partition coefficient (Wildman–Crippen LogP) is -0.917. The van der Waals surface area contributed by atoms with E-state index < -0.39 is 6.10 Å².